The van der Waals surface area contributed by atoms with Gasteiger partial charge in [0.25, 0.3) is 5.69 Å². The van der Waals surface area contributed by atoms with Gasteiger partial charge in [0, 0.05) is 6.07 Å². The van der Waals surface area contributed by atoms with Crippen LogP contribution in [0, 0.1) is 10.1 Å². The minimum absolute atomic E-state index is 0.115. The summed E-state index contributed by atoms with van der Waals surface area (Å²) < 4.78 is 0. The molecule has 1 aromatic carbocycles. The molecule has 0 radical (unpaired) electrons. The Morgan fingerprint density at radius 3 is 2.71 bits per heavy atom. The average Bonchev–Trinajstić information content (AvgIpc) is 2.15. The summed E-state index contributed by atoms with van der Waals surface area (Å²) in [4.78, 5) is 20.1. The van der Waals surface area contributed by atoms with Crippen molar-refractivity contribution in [2.24, 2.45) is 0 Å². The third-order valence-corrected chi connectivity index (χ3v) is 1.90. The number of carbonyl (C=O) groups excluding carboxylic acids is 1. The summed E-state index contributed by atoms with van der Waals surface area (Å²) in [5.74, 6) is 0. The zero-order valence-corrected chi connectivity index (χ0v) is 7.77. The summed E-state index contributed by atoms with van der Waals surface area (Å²) in [7, 11) is 0. The fourth-order valence-corrected chi connectivity index (χ4v) is 1.22. The molecule has 0 aliphatic carbocycles. The molecule has 0 aromatic heterocycles. The van der Waals surface area contributed by atoms with Crippen LogP contribution in [0.5, 0.6) is 0 Å². The largest absolute Gasteiger partial charge is 0.299 e. The molecular formula is C9H6ClNO3. The summed E-state index contributed by atoms with van der Waals surface area (Å²) in [6, 6.07) is 4.34. The molecule has 0 aliphatic heterocycles. The number of hydrogen-bond acceptors (Lipinski definition) is 3. The number of benzene rings is 1. The van der Waals surface area contributed by atoms with E-state index in [1.165, 1.54) is 24.3 Å². The number of aldehydes is 1. The lowest BCUT2D eigenvalue weighted by Gasteiger charge is -1.98. The molecule has 0 bridgehead atoms. The predicted octanol–water partition coefficient (Wildman–Crippen LogP) is 2.46. The highest BCUT2D eigenvalue weighted by atomic mass is 35.5. The van der Waals surface area contributed by atoms with E-state index < -0.39 is 4.92 Å². The third kappa shape index (κ3) is 2.17. The Labute approximate surface area is 85.0 Å². The lowest BCUT2D eigenvalue weighted by atomic mass is 10.1. The standard InChI is InChI=1S/C9H6ClNO3/c10-8-4-1-5-9(11(13)14)7(8)3-2-6-12/h1-6H/b3-2+. The molecular weight excluding hydrogens is 206 g/mol. The molecule has 0 atom stereocenters. The van der Waals surface area contributed by atoms with Crippen molar-refractivity contribution < 1.29 is 9.72 Å². The molecule has 5 heteroatoms. The van der Waals surface area contributed by atoms with Gasteiger partial charge in [0.2, 0.25) is 0 Å². The number of hydrogen-bond donors (Lipinski definition) is 0. The fraction of sp³-hybridized carbons (Fsp3) is 0. The predicted molar refractivity (Wildman–Crippen MR) is 53.2 cm³/mol. The smallest absolute Gasteiger partial charge is 0.278 e. The maximum absolute atomic E-state index is 10.6. The Morgan fingerprint density at radius 1 is 1.43 bits per heavy atom. The van der Waals surface area contributed by atoms with Crippen LogP contribution in [0.2, 0.25) is 5.02 Å². The average molecular weight is 212 g/mol. The van der Waals surface area contributed by atoms with Gasteiger partial charge in [0.05, 0.1) is 15.5 Å². The first-order valence-corrected chi connectivity index (χ1v) is 4.09. The summed E-state index contributed by atoms with van der Waals surface area (Å²) in [6.45, 7) is 0. The molecule has 0 unspecified atom stereocenters. The van der Waals surface area contributed by atoms with Crippen LogP contribution >= 0.6 is 11.6 Å². The van der Waals surface area contributed by atoms with Gasteiger partial charge in [-0.25, -0.2) is 0 Å². The molecule has 0 fully saturated rings. The van der Waals surface area contributed by atoms with Gasteiger partial charge in [-0.1, -0.05) is 17.7 Å². The maximum Gasteiger partial charge on any atom is 0.278 e. The minimum Gasteiger partial charge on any atom is -0.299 e. The second-order valence-electron chi connectivity index (χ2n) is 2.42. The number of nitro groups is 1. The molecule has 0 N–H and O–H groups in total. The van der Waals surface area contributed by atoms with Crippen molar-refractivity contribution in [3.63, 3.8) is 0 Å². The Morgan fingerprint density at radius 2 is 2.14 bits per heavy atom. The molecule has 1 aromatic rings. The molecule has 0 saturated heterocycles. The molecule has 4 nitrogen and oxygen atoms in total. The van der Waals surface area contributed by atoms with Crippen LogP contribution in [-0.4, -0.2) is 11.2 Å². The van der Waals surface area contributed by atoms with Crippen LogP contribution in [-0.2, 0) is 4.79 Å². The van der Waals surface area contributed by atoms with Crippen molar-refractivity contribution >= 4 is 29.7 Å². The number of halogens is 1. The maximum atomic E-state index is 10.6. The van der Waals surface area contributed by atoms with Gasteiger partial charge in [0.1, 0.15) is 6.29 Å². The van der Waals surface area contributed by atoms with Crippen molar-refractivity contribution in [3.8, 4) is 0 Å². The Bertz CT molecular complexity index is 401. The fourth-order valence-electron chi connectivity index (χ4n) is 0.985. The van der Waals surface area contributed by atoms with E-state index in [-0.39, 0.29) is 16.3 Å². The monoisotopic (exact) mass is 211 g/mol. The molecule has 0 amide bonds. The normalized spacial score (nSPS) is 10.4. The van der Waals surface area contributed by atoms with Crippen LogP contribution in [0.25, 0.3) is 6.08 Å². The van der Waals surface area contributed by atoms with E-state index in [1.54, 1.807) is 0 Å². The zero-order chi connectivity index (χ0) is 10.6. The highest BCUT2D eigenvalue weighted by Gasteiger charge is 2.13. The number of allylic oxidation sites excluding steroid dienone is 1. The van der Waals surface area contributed by atoms with Gasteiger partial charge in [0.15, 0.2) is 0 Å². The molecule has 0 saturated carbocycles. The number of nitro benzene ring substituents is 1. The summed E-state index contributed by atoms with van der Waals surface area (Å²) in [6.07, 6.45) is 3.01. The first kappa shape index (κ1) is 10.4. The minimum atomic E-state index is -0.545. The van der Waals surface area contributed by atoms with Gasteiger partial charge >= 0.3 is 0 Å². The highest BCUT2D eigenvalue weighted by Crippen LogP contribution is 2.27. The summed E-state index contributed by atoms with van der Waals surface area (Å²) in [5, 5.41) is 10.8. The zero-order valence-electron chi connectivity index (χ0n) is 7.01. The van der Waals surface area contributed by atoms with E-state index in [4.69, 9.17) is 11.6 Å². The lowest BCUT2D eigenvalue weighted by Crippen LogP contribution is -1.91. The molecule has 0 aliphatic rings. The van der Waals surface area contributed by atoms with Gasteiger partial charge in [-0.15, -0.1) is 0 Å². The number of rotatable bonds is 3. The van der Waals surface area contributed by atoms with E-state index in [9.17, 15) is 14.9 Å². The molecule has 14 heavy (non-hydrogen) atoms. The highest BCUT2D eigenvalue weighted by molar-refractivity contribution is 6.32. The van der Waals surface area contributed by atoms with Crippen LogP contribution in [0.1, 0.15) is 5.56 Å². The van der Waals surface area contributed by atoms with Gasteiger partial charge in [-0.3, -0.25) is 14.9 Å². The van der Waals surface area contributed by atoms with Crippen molar-refractivity contribution in [1.82, 2.24) is 0 Å². The summed E-state index contributed by atoms with van der Waals surface area (Å²) in [5.41, 5.74) is 0.127. The first-order chi connectivity index (χ1) is 6.66. The third-order valence-electron chi connectivity index (χ3n) is 1.57. The van der Waals surface area contributed by atoms with E-state index in [0.717, 1.165) is 6.08 Å². The lowest BCUT2D eigenvalue weighted by molar-refractivity contribution is -0.385. The molecule has 72 valence electrons. The van der Waals surface area contributed by atoms with Gasteiger partial charge < -0.3 is 0 Å². The Hall–Kier alpha value is -1.68. The topological polar surface area (TPSA) is 60.2 Å². The van der Waals surface area contributed by atoms with E-state index in [2.05, 4.69) is 0 Å². The van der Waals surface area contributed by atoms with Crippen LogP contribution in [0.3, 0.4) is 0 Å². The second kappa shape index (κ2) is 4.53. The van der Waals surface area contributed by atoms with E-state index >= 15 is 0 Å². The van der Waals surface area contributed by atoms with Gasteiger partial charge in [-0.2, -0.15) is 0 Å². The van der Waals surface area contributed by atoms with Crippen molar-refractivity contribution in [1.29, 1.82) is 0 Å². The first-order valence-electron chi connectivity index (χ1n) is 3.71. The second-order valence-corrected chi connectivity index (χ2v) is 2.83. The van der Waals surface area contributed by atoms with E-state index in [0.29, 0.717) is 6.29 Å². The van der Waals surface area contributed by atoms with Crippen molar-refractivity contribution in [3.05, 3.63) is 45.0 Å². The van der Waals surface area contributed by atoms with Crippen molar-refractivity contribution in [2.45, 2.75) is 0 Å². The van der Waals surface area contributed by atoms with E-state index in [1.807, 2.05) is 0 Å². The number of nitrogens with zero attached hydrogens (tertiary/aromatic N) is 1. The van der Waals surface area contributed by atoms with Crippen molar-refractivity contribution in [2.75, 3.05) is 0 Å². The molecule has 1 rings (SSSR count). The SMILES string of the molecule is O=C/C=C/c1c(Cl)cccc1[N+](=O)[O-]. The Kier molecular flexibility index (Phi) is 3.36. The molecule has 0 spiro atoms. The summed E-state index contributed by atoms with van der Waals surface area (Å²) >= 11 is 5.74. The van der Waals surface area contributed by atoms with Gasteiger partial charge in [-0.05, 0) is 18.2 Å². The van der Waals surface area contributed by atoms with Crippen LogP contribution in [0.15, 0.2) is 24.3 Å². The Balaban J connectivity index is 3.28. The number of carbonyl (C=O) groups is 1. The quantitative estimate of drug-likeness (QED) is 0.334. The molecule has 0 heterocycles. The van der Waals surface area contributed by atoms with Crippen LogP contribution in [0.4, 0.5) is 5.69 Å². The van der Waals surface area contributed by atoms with Crippen LogP contribution < -0.4 is 0 Å².